The maximum atomic E-state index is 13.5. The fourth-order valence-corrected chi connectivity index (χ4v) is 6.94. The molecule has 12 nitrogen and oxygen atoms in total. The molecule has 0 aromatic carbocycles. The van der Waals surface area contributed by atoms with Gasteiger partial charge in [-0.15, -0.1) is 0 Å². The fourth-order valence-electron chi connectivity index (χ4n) is 4.66. The predicted molar refractivity (Wildman–Crippen MR) is 125 cm³/mol. The van der Waals surface area contributed by atoms with Crippen LogP contribution in [0.25, 0.3) is 6.08 Å². The van der Waals surface area contributed by atoms with Crippen LogP contribution in [0.1, 0.15) is 12.6 Å². The van der Waals surface area contributed by atoms with Gasteiger partial charge in [0.25, 0.3) is 5.91 Å². The van der Waals surface area contributed by atoms with Crippen molar-refractivity contribution in [3.8, 4) is 0 Å². The standard InChI is InChI=1S/C22H29N5O7S/c1-22(14-34-21(31)24-7-8-26-11-9-25(2)10-12-26)17(20(29)30)27-18(28)16(19(27)35(22,32)33)13-15-5-3-4-6-23-15/h3-6,13,17,19H,7-12,14H2,1-2H3,(H,24,31)(H,29,30)/t17-,19+,22-/m0/s1. The molecule has 0 spiro atoms. The van der Waals surface area contributed by atoms with Crippen LogP contribution in [0.15, 0.2) is 30.0 Å². The first-order valence-corrected chi connectivity index (χ1v) is 12.8. The minimum absolute atomic E-state index is 0.0599. The third-order valence-corrected chi connectivity index (χ3v) is 9.52. The highest BCUT2D eigenvalue weighted by atomic mass is 32.2. The molecule has 0 bridgehead atoms. The Kier molecular flexibility index (Phi) is 6.84. The van der Waals surface area contributed by atoms with Gasteiger partial charge in [0.05, 0.1) is 11.3 Å². The summed E-state index contributed by atoms with van der Waals surface area (Å²) in [6.45, 7) is 5.04. The van der Waals surface area contributed by atoms with Crippen LogP contribution < -0.4 is 5.32 Å². The van der Waals surface area contributed by atoms with Crippen LogP contribution in [0.5, 0.6) is 0 Å². The van der Waals surface area contributed by atoms with Crippen LogP contribution in [-0.4, -0.2) is 120 Å². The molecule has 190 valence electrons. The lowest BCUT2D eigenvalue weighted by atomic mass is 9.94. The molecule has 3 saturated heterocycles. The van der Waals surface area contributed by atoms with E-state index in [9.17, 15) is 27.9 Å². The van der Waals surface area contributed by atoms with Crippen molar-refractivity contribution in [2.45, 2.75) is 23.1 Å². The number of pyridine rings is 1. The average Bonchev–Trinajstić information content (AvgIpc) is 2.99. The van der Waals surface area contributed by atoms with Crippen molar-refractivity contribution >= 4 is 33.9 Å². The van der Waals surface area contributed by atoms with Crippen molar-refractivity contribution in [3.05, 3.63) is 35.7 Å². The highest BCUT2D eigenvalue weighted by Crippen LogP contribution is 2.49. The molecule has 3 fully saturated rings. The third-order valence-electron chi connectivity index (χ3n) is 6.81. The van der Waals surface area contributed by atoms with Gasteiger partial charge >= 0.3 is 12.1 Å². The monoisotopic (exact) mass is 507 g/mol. The molecule has 3 aliphatic rings. The van der Waals surface area contributed by atoms with Crippen molar-refractivity contribution in [1.82, 2.24) is 25.0 Å². The number of carboxylic acid groups (broad SMARTS) is 1. The first-order valence-electron chi connectivity index (χ1n) is 11.3. The van der Waals surface area contributed by atoms with Crippen LogP contribution in [0.3, 0.4) is 0 Å². The van der Waals surface area contributed by atoms with Gasteiger partial charge in [0.15, 0.2) is 21.3 Å². The number of ether oxygens (including phenoxy) is 1. The molecule has 3 atom stereocenters. The second-order valence-electron chi connectivity index (χ2n) is 9.17. The molecule has 35 heavy (non-hydrogen) atoms. The zero-order valence-corrected chi connectivity index (χ0v) is 20.4. The highest BCUT2D eigenvalue weighted by Gasteiger charge is 2.72. The van der Waals surface area contributed by atoms with Crippen LogP contribution in [-0.2, 0) is 24.2 Å². The van der Waals surface area contributed by atoms with E-state index in [1.54, 1.807) is 18.2 Å². The molecular formula is C22H29N5O7S. The van der Waals surface area contributed by atoms with Gasteiger partial charge in [0, 0.05) is 45.5 Å². The Bertz CT molecular complexity index is 1130. The number of carboxylic acids is 1. The summed E-state index contributed by atoms with van der Waals surface area (Å²) in [7, 11) is -2.21. The topological polar surface area (TPSA) is 149 Å². The number of fused-ring (bicyclic) bond motifs is 1. The first-order chi connectivity index (χ1) is 16.6. The normalized spacial score (nSPS) is 29.5. The molecule has 1 aromatic heterocycles. The Morgan fingerprint density at radius 1 is 1.29 bits per heavy atom. The number of likely N-dealkylation sites (N-methyl/N-ethyl adjacent to an activating group) is 1. The van der Waals surface area contributed by atoms with Crippen molar-refractivity contribution in [2.24, 2.45) is 0 Å². The number of rotatable bonds is 7. The SMILES string of the molecule is CN1CCN(CCNC(=O)OC[C@@]2(C)[C@H](C(=O)O)N3C(=O)C(=Cc4ccccn4)[C@H]3S2(=O)=O)CC1. The van der Waals surface area contributed by atoms with Crippen molar-refractivity contribution in [1.29, 1.82) is 0 Å². The van der Waals surface area contributed by atoms with Crippen LogP contribution in [0.2, 0.25) is 0 Å². The summed E-state index contributed by atoms with van der Waals surface area (Å²) < 4.78 is 30.1. The summed E-state index contributed by atoms with van der Waals surface area (Å²) >= 11 is 0. The molecule has 1 aromatic rings. The molecule has 3 aliphatic heterocycles. The molecule has 2 amide bonds. The highest BCUT2D eigenvalue weighted by molar-refractivity contribution is 7.94. The average molecular weight is 508 g/mol. The number of hydrogen-bond donors (Lipinski definition) is 2. The van der Waals surface area contributed by atoms with Crippen LogP contribution >= 0.6 is 0 Å². The number of piperazine rings is 1. The summed E-state index contributed by atoms with van der Waals surface area (Å²) in [5.41, 5.74) is 0.317. The second-order valence-corrected chi connectivity index (χ2v) is 11.6. The Morgan fingerprint density at radius 3 is 2.63 bits per heavy atom. The van der Waals surface area contributed by atoms with Crippen LogP contribution in [0, 0.1) is 0 Å². The molecule has 0 unspecified atom stereocenters. The smallest absolute Gasteiger partial charge is 0.407 e. The summed E-state index contributed by atoms with van der Waals surface area (Å²) in [5, 5.41) is 11.0. The summed E-state index contributed by atoms with van der Waals surface area (Å²) in [6.07, 6.45) is 2.00. The van der Waals surface area contributed by atoms with Crippen molar-refractivity contribution in [2.75, 3.05) is 52.9 Å². The van der Waals surface area contributed by atoms with Crippen molar-refractivity contribution in [3.63, 3.8) is 0 Å². The quantitative estimate of drug-likeness (QED) is 0.356. The second kappa shape index (κ2) is 9.55. The number of carbonyl (C=O) groups excluding carboxylic acids is 2. The van der Waals surface area contributed by atoms with Gasteiger partial charge in [-0.1, -0.05) is 6.07 Å². The largest absolute Gasteiger partial charge is 0.480 e. The first kappa shape index (κ1) is 25.1. The lowest BCUT2D eigenvalue weighted by molar-refractivity contribution is -0.153. The molecule has 4 rings (SSSR count). The molecule has 13 heteroatoms. The Labute approximate surface area is 203 Å². The van der Waals surface area contributed by atoms with Gasteiger partial charge in [0.1, 0.15) is 11.4 Å². The molecule has 0 saturated carbocycles. The number of β-lactam (4-membered cyclic amide) rings is 1. The van der Waals surface area contributed by atoms with E-state index in [-0.39, 0.29) is 5.57 Å². The molecule has 4 heterocycles. The number of alkyl carbamates (subject to hydrolysis) is 1. The Balaban J connectivity index is 1.44. The number of aromatic nitrogens is 1. The number of carbonyl (C=O) groups is 3. The van der Waals surface area contributed by atoms with Gasteiger partial charge in [0.2, 0.25) is 0 Å². The number of sulfone groups is 1. The van der Waals surface area contributed by atoms with Gasteiger partial charge in [-0.25, -0.2) is 18.0 Å². The fraction of sp³-hybridized carbons (Fsp3) is 0.545. The maximum Gasteiger partial charge on any atom is 0.407 e. The molecule has 0 radical (unpaired) electrons. The summed E-state index contributed by atoms with van der Waals surface area (Å²) in [6, 6.07) is 3.27. The van der Waals surface area contributed by atoms with Crippen molar-refractivity contribution < 1.29 is 32.6 Å². The minimum Gasteiger partial charge on any atom is -0.480 e. The number of hydrogen-bond acceptors (Lipinski definition) is 9. The molecule has 0 aliphatic carbocycles. The number of amides is 2. The Morgan fingerprint density at radius 2 is 2.00 bits per heavy atom. The van der Waals surface area contributed by atoms with Gasteiger partial charge < -0.3 is 25.0 Å². The van der Waals surface area contributed by atoms with E-state index >= 15 is 0 Å². The zero-order valence-electron chi connectivity index (χ0n) is 19.6. The van der Waals surface area contributed by atoms with E-state index in [1.807, 2.05) is 7.05 Å². The van der Waals surface area contributed by atoms with Crippen LogP contribution in [0.4, 0.5) is 4.79 Å². The number of aliphatic carboxylic acids is 1. The maximum absolute atomic E-state index is 13.5. The van der Waals surface area contributed by atoms with Gasteiger partial charge in [-0.3, -0.25) is 14.7 Å². The zero-order chi connectivity index (χ0) is 25.4. The lowest BCUT2D eigenvalue weighted by Crippen LogP contribution is -2.59. The number of nitrogens with one attached hydrogen (secondary N) is 1. The Hall–Kier alpha value is -3.03. The van der Waals surface area contributed by atoms with E-state index in [0.717, 1.165) is 31.1 Å². The van der Waals surface area contributed by atoms with E-state index in [0.29, 0.717) is 18.8 Å². The van der Waals surface area contributed by atoms with E-state index in [2.05, 4.69) is 20.1 Å². The number of nitrogens with zero attached hydrogens (tertiary/aromatic N) is 4. The predicted octanol–water partition coefficient (Wildman–Crippen LogP) is -0.753. The van der Waals surface area contributed by atoms with E-state index < -0.39 is 50.6 Å². The summed E-state index contributed by atoms with van der Waals surface area (Å²) in [4.78, 5) is 46.4. The molecule has 2 N–H and O–H groups in total. The minimum atomic E-state index is -4.25. The van der Waals surface area contributed by atoms with E-state index in [4.69, 9.17) is 4.74 Å². The lowest BCUT2D eigenvalue weighted by Gasteiger charge is -2.37. The summed E-state index contributed by atoms with van der Waals surface area (Å²) in [5.74, 6) is -2.18. The van der Waals surface area contributed by atoms with E-state index in [1.165, 1.54) is 19.2 Å². The van der Waals surface area contributed by atoms with Gasteiger partial charge in [-0.2, -0.15) is 0 Å². The molecular weight excluding hydrogens is 478 g/mol. The van der Waals surface area contributed by atoms with Gasteiger partial charge in [-0.05, 0) is 32.2 Å². The third kappa shape index (κ3) is 4.50.